The van der Waals surface area contributed by atoms with Crippen LogP contribution in [0.15, 0.2) is 0 Å². The lowest BCUT2D eigenvalue weighted by atomic mass is 9.96. The van der Waals surface area contributed by atoms with Gasteiger partial charge in [-0.1, -0.05) is 0 Å². The largest absolute Gasteiger partial charge is 0.356 e. The first-order chi connectivity index (χ1) is 9.37. The minimum Gasteiger partial charge on any atom is -0.356 e. The van der Waals surface area contributed by atoms with Crippen molar-refractivity contribution in [2.45, 2.75) is 26.2 Å². The van der Waals surface area contributed by atoms with E-state index in [1.807, 2.05) is 0 Å². The third-order valence-corrected chi connectivity index (χ3v) is 5.82. The smallest absolute Gasteiger partial charge is 0.226 e. The van der Waals surface area contributed by atoms with E-state index in [-0.39, 0.29) is 35.2 Å². The van der Waals surface area contributed by atoms with Crippen molar-refractivity contribution >= 4 is 21.7 Å². The molecule has 0 aromatic heterocycles. The van der Waals surface area contributed by atoms with Crippen LogP contribution in [0.1, 0.15) is 26.2 Å². The molecule has 2 atom stereocenters. The van der Waals surface area contributed by atoms with Gasteiger partial charge in [0.15, 0.2) is 9.84 Å². The molecule has 2 rings (SSSR count). The molecule has 0 aromatic rings. The number of likely N-dealkylation sites (tertiary alicyclic amines) is 1. The van der Waals surface area contributed by atoms with Crippen LogP contribution in [0.3, 0.4) is 0 Å². The molecule has 20 heavy (non-hydrogen) atoms. The van der Waals surface area contributed by atoms with Gasteiger partial charge in [0.1, 0.15) is 0 Å². The number of carbonyl (C=O) groups is 2. The molecule has 2 aliphatic heterocycles. The molecule has 2 aliphatic rings. The van der Waals surface area contributed by atoms with Crippen molar-refractivity contribution in [3.8, 4) is 0 Å². The third-order valence-electron chi connectivity index (χ3n) is 4.05. The highest BCUT2D eigenvalue weighted by Gasteiger charge is 2.36. The summed E-state index contributed by atoms with van der Waals surface area (Å²) in [4.78, 5) is 25.0. The Bertz CT molecular complexity index is 489. The zero-order valence-corrected chi connectivity index (χ0v) is 12.6. The van der Waals surface area contributed by atoms with Crippen molar-refractivity contribution in [3.63, 3.8) is 0 Å². The summed E-state index contributed by atoms with van der Waals surface area (Å²) < 4.78 is 22.9. The fraction of sp³-hybridized carbons (Fsp3) is 0.846. The van der Waals surface area contributed by atoms with Gasteiger partial charge in [0.05, 0.1) is 17.4 Å². The molecular formula is C13H22N2O4S. The lowest BCUT2D eigenvalue weighted by Crippen LogP contribution is -2.45. The Hall–Kier alpha value is -1.11. The maximum atomic E-state index is 12.3. The quantitative estimate of drug-likeness (QED) is 0.782. The van der Waals surface area contributed by atoms with Crippen LogP contribution in [0.4, 0.5) is 0 Å². The van der Waals surface area contributed by atoms with Crippen LogP contribution < -0.4 is 5.32 Å². The average Bonchev–Trinajstić information content (AvgIpc) is 2.76. The Labute approximate surface area is 119 Å². The van der Waals surface area contributed by atoms with Crippen LogP contribution >= 0.6 is 0 Å². The maximum Gasteiger partial charge on any atom is 0.226 e. The van der Waals surface area contributed by atoms with Gasteiger partial charge in [-0.2, -0.15) is 0 Å². The molecule has 0 aromatic carbocycles. The second kappa shape index (κ2) is 6.11. The SMILES string of the molecule is CC(=O)NC[C@@H]1CCCN(C(=O)[C@H]2CCS(=O)(=O)C2)C1. The van der Waals surface area contributed by atoms with Crippen molar-refractivity contribution in [1.82, 2.24) is 10.2 Å². The van der Waals surface area contributed by atoms with E-state index in [2.05, 4.69) is 5.32 Å². The molecule has 0 spiro atoms. The Kier molecular flexibility index (Phi) is 4.67. The molecule has 0 aliphatic carbocycles. The zero-order valence-electron chi connectivity index (χ0n) is 11.8. The topological polar surface area (TPSA) is 83.6 Å². The van der Waals surface area contributed by atoms with E-state index < -0.39 is 9.84 Å². The van der Waals surface area contributed by atoms with Crippen LogP contribution in [0.25, 0.3) is 0 Å². The number of hydrogen-bond acceptors (Lipinski definition) is 4. The number of piperidine rings is 1. The first kappa shape index (κ1) is 15.3. The number of hydrogen-bond donors (Lipinski definition) is 1. The van der Waals surface area contributed by atoms with Crippen molar-refractivity contribution in [2.24, 2.45) is 11.8 Å². The summed E-state index contributed by atoms with van der Waals surface area (Å²) >= 11 is 0. The minimum absolute atomic E-state index is 0.00129. The summed E-state index contributed by atoms with van der Waals surface area (Å²) in [5, 5.41) is 2.78. The first-order valence-corrected chi connectivity index (χ1v) is 8.93. The number of nitrogens with zero attached hydrogens (tertiary/aromatic N) is 1. The van der Waals surface area contributed by atoms with Crippen LogP contribution in [-0.4, -0.2) is 56.3 Å². The van der Waals surface area contributed by atoms with Gasteiger partial charge in [0.2, 0.25) is 11.8 Å². The van der Waals surface area contributed by atoms with Gasteiger partial charge in [-0.05, 0) is 25.2 Å². The fourth-order valence-corrected chi connectivity index (χ4v) is 4.70. The van der Waals surface area contributed by atoms with Gasteiger partial charge in [0.25, 0.3) is 0 Å². The Morgan fingerprint density at radius 1 is 1.30 bits per heavy atom. The first-order valence-electron chi connectivity index (χ1n) is 7.11. The Balaban J connectivity index is 1.88. The van der Waals surface area contributed by atoms with Gasteiger partial charge in [-0.25, -0.2) is 8.42 Å². The number of carbonyl (C=O) groups excluding carboxylic acids is 2. The van der Waals surface area contributed by atoms with Crippen LogP contribution in [0.2, 0.25) is 0 Å². The number of rotatable bonds is 3. The molecule has 0 saturated carbocycles. The average molecular weight is 302 g/mol. The molecule has 0 bridgehead atoms. The predicted molar refractivity (Wildman–Crippen MR) is 74.7 cm³/mol. The van der Waals surface area contributed by atoms with E-state index in [9.17, 15) is 18.0 Å². The summed E-state index contributed by atoms with van der Waals surface area (Å²) in [6.07, 6.45) is 2.36. The van der Waals surface area contributed by atoms with E-state index in [0.29, 0.717) is 26.1 Å². The molecule has 2 saturated heterocycles. The second-order valence-corrected chi connectivity index (χ2v) is 8.06. The van der Waals surface area contributed by atoms with Gasteiger partial charge < -0.3 is 10.2 Å². The number of sulfone groups is 1. The second-order valence-electron chi connectivity index (χ2n) is 5.83. The van der Waals surface area contributed by atoms with Gasteiger partial charge in [0, 0.05) is 26.6 Å². The molecule has 0 radical (unpaired) electrons. The third kappa shape index (κ3) is 3.94. The van der Waals surface area contributed by atoms with Crippen LogP contribution in [-0.2, 0) is 19.4 Å². The highest BCUT2D eigenvalue weighted by molar-refractivity contribution is 7.91. The highest BCUT2D eigenvalue weighted by Crippen LogP contribution is 2.24. The molecule has 2 fully saturated rings. The van der Waals surface area contributed by atoms with E-state index in [0.717, 1.165) is 12.8 Å². The van der Waals surface area contributed by atoms with Gasteiger partial charge in [-0.15, -0.1) is 0 Å². The van der Waals surface area contributed by atoms with Crippen LogP contribution in [0.5, 0.6) is 0 Å². The normalized spacial score (nSPS) is 29.1. The monoisotopic (exact) mass is 302 g/mol. The predicted octanol–water partition coefficient (Wildman–Crippen LogP) is -0.204. The molecule has 6 nitrogen and oxygen atoms in total. The summed E-state index contributed by atoms with van der Waals surface area (Å²) in [6.45, 7) is 3.39. The lowest BCUT2D eigenvalue weighted by molar-refractivity contribution is -0.136. The van der Waals surface area contributed by atoms with E-state index >= 15 is 0 Å². The zero-order chi connectivity index (χ0) is 14.8. The van der Waals surface area contributed by atoms with Gasteiger partial charge in [-0.3, -0.25) is 9.59 Å². The molecule has 0 unspecified atom stereocenters. The van der Waals surface area contributed by atoms with Gasteiger partial charge >= 0.3 is 0 Å². The Morgan fingerprint density at radius 2 is 2.05 bits per heavy atom. The number of nitrogens with one attached hydrogen (secondary N) is 1. The molecule has 1 N–H and O–H groups in total. The lowest BCUT2D eigenvalue weighted by Gasteiger charge is -2.34. The highest BCUT2D eigenvalue weighted by atomic mass is 32.2. The summed E-state index contributed by atoms with van der Waals surface area (Å²) in [7, 11) is -3.02. The fourth-order valence-electron chi connectivity index (χ4n) is 2.97. The van der Waals surface area contributed by atoms with E-state index in [1.165, 1.54) is 6.92 Å². The molecule has 2 heterocycles. The minimum atomic E-state index is -3.02. The van der Waals surface area contributed by atoms with Crippen LogP contribution in [0, 0.1) is 11.8 Å². The van der Waals surface area contributed by atoms with E-state index in [4.69, 9.17) is 0 Å². The van der Waals surface area contributed by atoms with Crippen molar-refractivity contribution in [1.29, 1.82) is 0 Å². The van der Waals surface area contributed by atoms with Crippen molar-refractivity contribution in [2.75, 3.05) is 31.1 Å². The molecule has 114 valence electrons. The van der Waals surface area contributed by atoms with E-state index in [1.54, 1.807) is 4.90 Å². The summed E-state index contributed by atoms with van der Waals surface area (Å²) in [6, 6.07) is 0. The standard InChI is InChI=1S/C13H22N2O4S/c1-10(16)14-7-11-3-2-5-15(8-11)13(17)12-4-6-20(18,19)9-12/h11-12H,2-9H2,1H3,(H,14,16)/t11-,12-/m0/s1. The van der Waals surface area contributed by atoms with Crippen molar-refractivity contribution in [3.05, 3.63) is 0 Å². The molecule has 2 amide bonds. The summed E-state index contributed by atoms with van der Waals surface area (Å²) in [5.41, 5.74) is 0. The molecular weight excluding hydrogens is 280 g/mol. The number of amides is 2. The Morgan fingerprint density at radius 3 is 2.65 bits per heavy atom. The molecule has 7 heteroatoms. The van der Waals surface area contributed by atoms with Crippen molar-refractivity contribution < 1.29 is 18.0 Å². The summed E-state index contributed by atoms with van der Waals surface area (Å²) in [5.74, 6) is -0.0475. The maximum absolute atomic E-state index is 12.3.